The van der Waals surface area contributed by atoms with E-state index in [1.807, 2.05) is 12.3 Å². The van der Waals surface area contributed by atoms with Crippen LogP contribution >= 0.6 is 11.3 Å². The third-order valence-corrected chi connectivity index (χ3v) is 9.06. The molecule has 7 nitrogen and oxygen atoms in total. The van der Waals surface area contributed by atoms with E-state index >= 15 is 0 Å². The molecule has 150 valence electrons. The first-order valence-electron chi connectivity index (χ1n) is 9.10. The largest absolute Gasteiger partial charge is 0.508 e. The zero-order valence-corrected chi connectivity index (χ0v) is 17.1. The van der Waals surface area contributed by atoms with E-state index in [0.29, 0.717) is 25.2 Å². The molecule has 1 atom stereocenters. The molecule has 1 amide bonds. The van der Waals surface area contributed by atoms with Gasteiger partial charge in [-0.1, -0.05) is 6.07 Å². The summed E-state index contributed by atoms with van der Waals surface area (Å²) in [5.74, 6) is -0.254. The summed E-state index contributed by atoms with van der Waals surface area (Å²) in [5.41, 5.74) is 1.21. The summed E-state index contributed by atoms with van der Waals surface area (Å²) in [5, 5.41) is 12.5. The molecule has 0 bridgehead atoms. The second kappa shape index (κ2) is 7.13. The smallest absolute Gasteiger partial charge is 0.254 e. The highest BCUT2D eigenvalue weighted by Crippen LogP contribution is 2.45. The fourth-order valence-corrected chi connectivity index (χ4v) is 7.05. The summed E-state index contributed by atoms with van der Waals surface area (Å²) in [4.78, 5) is 18.5. The van der Waals surface area contributed by atoms with E-state index < -0.39 is 14.6 Å². The number of aryl methyl sites for hydroxylation is 1. The highest BCUT2D eigenvalue weighted by molar-refractivity contribution is 7.93. The third-order valence-electron chi connectivity index (χ3n) is 5.63. The van der Waals surface area contributed by atoms with Crippen molar-refractivity contribution >= 4 is 27.1 Å². The SMILES string of the molecule is Cc1nc(COCC2CCS(=O)(=O)C23CN(C(=O)c2cccc(O)c2)C3)cs1. The van der Waals surface area contributed by atoms with Crippen molar-refractivity contribution in [2.24, 2.45) is 5.92 Å². The molecular formula is C19H22N2O5S2. The van der Waals surface area contributed by atoms with Crippen molar-refractivity contribution in [3.63, 3.8) is 0 Å². The maximum Gasteiger partial charge on any atom is 0.254 e. The zero-order chi connectivity index (χ0) is 19.9. The monoisotopic (exact) mass is 422 g/mol. The molecular weight excluding hydrogens is 400 g/mol. The lowest BCUT2D eigenvalue weighted by Gasteiger charge is -2.49. The molecule has 1 unspecified atom stereocenters. The van der Waals surface area contributed by atoms with Crippen LogP contribution < -0.4 is 0 Å². The van der Waals surface area contributed by atoms with Gasteiger partial charge in [0.15, 0.2) is 9.84 Å². The van der Waals surface area contributed by atoms with Gasteiger partial charge in [0.05, 0.1) is 29.7 Å². The summed E-state index contributed by atoms with van der Waals surface area (Å²) in [6, 6.07) is 6.10. The van der Waals surface area contributed by atoms with Gasteiger partial charge >= 0.3 is 0 Å². The van der Waals surface area contributed by atoms with Gasteiger partial charge in [-0.2, -0.15) is 0 Å². The predicted octanol–water partition coefficient (Wildman–Crippen LogP) is 2.00. The lowest BCUT2D eigenvalue weighted by Crippen LogP contribution is -2.68. The van der Waals surface area contributed by atoms with Gasteiger partial charge in [0.25, 0.3) is 5.91 Å². The molecule has 2 fully saturated rings. The minimum atomic E-state index is -3.28. The number of phenolic OH excluding ortho intramolecular Hbond substituents is 1. The fraction of sp³-hybridized carbons (Fsp3) is 0.474. The zero-order valence-electron chi connectivity index (χ0n) is 15.5. The molecule has 0 radical (unpaired) electrons. The van der Waals surface area contributed by atoms with Crippen LogP contribution in [-0.4, -0.2) is 59.5 Å². The van der Waals surface area contributed by atoms with Gasteiger partial charge in [-0.15, -0.1) is 11.3 Å². The molecule has 9 heteroatoms. The first-order chi connectivity index (χ1) is 13.3. The second-order valence-electron chi connectivity index (χ2n) is 7.45. The molecule has 1 N–H and O–H groups in total. The lowest BCUT2D eigenvalue weighted by molar-refractivity contribution is 0.0205. The van der Waals surface area contributed by atoms with Crippen LogP contribution in [0.25, 0.3) is 0 Å². The van der Waals surface area contributed by atoms with Crippen molar-refractivity contribution in [3.8, 4) is 5.75 Å². The Morgan fingerprint density at radius 1 is 1.43 bits per heavy atom. The molecule has 3 heterocycles. The number of aromatic hydroxyl groups is 1. The van der Waals surface area contributed by atoms with E-state index in [9.17, 15) is 18.3 Å². The number of hydrogen-bond donors (Lipinski definition) is 1. The van der Waals surface area contributed by atoms with Crippen LogP contribution in [0.5, 0.6) is 5.75 Å². The molecule has 2 aromatic rings. The molecule has 1 spiro atoms. The molecule has 0 aliphatic carbocycles. The molecule has 1 aromatic carbocycles. The van der Waals surface area contributed by atoms with E-state index in [2.05, 4.69) is 4.98 Å². The van der Waals surface area contributed by atoms with Crippen molar-refractivity contribution in [2.45, 2.75) is 24.7 Å². The highest BCUT2D eigenvalue weighted by atomic mass is 32.2. The van der Waals surface area contributed by atoms with Gasteiger partial charge < -0.3 is 14.7 Å². The van der Waals surface area contributed by atoms with E-state index in [4.69, 9.17) is 4.74 Å². The topological polar surface area (TPSA) is 96.8 Å². The van der Waals surface area contributed by atoms with Gasteiger partial charge in [0.1, 0.15) is 10.5 Å². The predicted molar refractivity (Wildman–Crippen MR) is 105 cm³/mol. The number of ether oxygens (including phenoxy) is 1. The molecule has 2 saturated heterocycles. The number of carbonyl (C=O) groups excluding carboxylic acids is 1. The van der Waals surface area contributed by atoms with E-state index in [1.54, 1.807) is 23.5 Å². The number of thiazole rings is 1. The third kappa shape index (κ3) is 3.31. The van der Waals surface area contributed by atoms with E-state index in [-0.39, 0.29) is 36.4 Å². The number of likely N-dealkylation sites (tertiary alicyclic amines) is 1. The Morgan fingerprint density at radius 3 is 2.89 bits per heavy atom. The van der Waals surface area contributed by atoms with Crippen LogP contribution in [0.2, 0.25) is 0 Å². The first kappa shape index (κ1) is 19.4. The number of benzene rings is 1. The molecule has 4 rings (SSSR count). The number of aromatic nitrogens is 1. The van der Waals surface area contributed by atoms with Crippen molar-refractivity contribution in [3.05, 3.63) is 45.9 Å². The summed E-state index contributed by atoms with van der Waals surface area (Å²) in [6.45, 7) is 2.98. The molecule has 0 saturated carbocycles. The lowest BCUT2D eigenvalue weighted by atomic mass is 9.83. The average molecular weight is 423 g/mol. The van der Waals surface area contributed by atoms with Crippen molar-refractivity contribution in [1.82, 2.24) is 9.88 Å². The van der Waals surface area contributed by atoms with Crippen LogP contribution in [0.15, 0.2) is 29.6 Å². The summed E-state index contributed by atoms with van der Waals surface area (Å²) >= 11 is 1.56. The number of rotatable bonds is 5. The number of carbonyl (C=O) groups is 1. The van der Waals surface area contributed by atoms with Gasteiger partial charge in [0.2, 0.25) is 0 Å². The molecule has 2 aliphatic heterocycles. The number of nitrogens with zero attached hydrogens (tertiary/aromatic N) is 2. The van der Waals surface area contributed by atoms with E-state index in [0.717, 1.165) is 10.7 Å². The van der Waals surface area contributed by atoms with Crippen LogP contribution in [0.1, 0.15) is 27.5 Å². The highest BCUT2D eigenvalue weighted by Gasteiger charge is 2.62. The molecule has 1 aromatic heterocycles. The van der Waals surface area contributed by atoms with Crippen LogP contribution in [0.4, 0.5) is 0 Å². The van der Waals surface area contributed by atoms with Crippen molar-refractivity contribution < 1.29 is 23.1 Å². The number of sulfone groups is 1. The average Bonchev–Trinajstić information content (AvgIpc) is 3.13. The summed E-state index contributed by atoms with van der Waals surface area (Å²) in [6.07, 6.45) is 0.548. The Labute approximate surface area is 167 Å². The Bertz CT molecular complexity index is 995. The van der Waals surface area contributed by atoms with Gasteiger partial charge in [0, 0.05) is 30.0 Å². The number of amides is 1. The van der Waals surface area contributed by atoms with Crippen LogP contribution in [0, 0.1) is 12.8 Å². The maximum atomic E-state index is 12.7. The second-order valence-corrected chi connectivity index (χ2v) is 11.0. The summed E-state index contributed by atoms with van der Waals surface area (Å²) < 4.78 is 30.3. The summed E-state index contributed by atoms with van der Waals surface area (Å²) in [7, 11) is -3.28. The first-order valence-corrected chi connectivity index (χ1v) is 11.6. The minimum Gasteiger partial charge on any atom is -0.508 e. The quantitative estimate of drug-likeness (QED) is 0.792. The Morgan fingerprint density at radius 2 is 2.21 bits per heavy atom. The standard InChI is InChI=1S/C19H22N2O5S2/c1-13-20-16(10-27-13)9-26-8-15-5-6-28(24,25)19(15)11-21(12-19)18(23)14-3-2-4-17(22)7-14/h2-4,7,10,15,22H,5-6,8-9,11-12H2,1H3. The Kier molecular flexibility index (Phi) is 4.93. The van der Waals surface area contributed by atoms with Gasteiger partial charge in [-0.3, -0.25) is 4.79 Å². The minimum absolute atomic E-state index is 0.0122. The maximum absolute atomic E-state index is 12.7. The number of phenols is 1. The van der Waals surface area contributed by atoms with Crippen LogP contribution in [-0.2, 0) is 21.2 Å². The van der Waals surface area contributed by atoms with Crippen molar-refractivity contribution in [1.29, 1.82) is 0 Å². The number of hydrogen-bond acceptors (Lipinski definition) is 7. The normalized spacial score (nSPS) is 22.3. The van der Waals surface area contributed by atoms with E-state index in [1.165, 1.54) is 17.0 Å². The van der Waals surface area contributed by atoms with Crippen LogP contribution in [0.3, 0.4) is 0 Å². The fourth-order valence-electron chi connectivity index (χ4n) is 4.05. The van der Waals surface area contributed by atoms with Crippen molar-refractivity contribution in [2.75, 3.05) is 25.4 Å². The molecule has 28 heavy (non-hydrogen) atoms. The Hall–Kier alpha value is -1.97. The van der Waals surface area contributed by atoms with Gasteiger partial charge in [-0.25, -0.2) is 13.4 Å². The Balaban J connectivity index is 1.42. The molecule has 2 aliphatic rings. The van der Waals surface area contributed by atoms with Gasteiger partial charge in [-0.05, 0) is 31.5 Å².